The highest BCUT2D eigenvalue weighted by molar-refractivity contribution is 4.85. The fraction of sp³-hybridized carbons (Fsp3) is 1.00. The third-order valence-electron chi connectivity index (χ3n) is 5.52. The van der Waals surface area contributed by atoms with Crippen LogP contribution in [-0.4, -0.2) is 54.6 Å². The molecule has 0 aromatic carbocycles. The summed E-state index contributed by atoms with van der Waals surface area (Å²) in [6.45, 7) is 4.84. The van der Waals surface area contributed by atoms with Gasteiger partial charge in [-0.15, -0.1) is 0 Å². The predicted molar refractivity (Wildman–Crippen MR) is 90.9 cm³/mol. The number of unbranched alkanes of at least 4 members (excludes halogenated alkanes) is 2. The van der Waals surface area contributed by atoms with Crippen LogP contribution in [0.5, 0.6) is 0 Å². The molecule has 24 heavy (non-hydrogen) atoms. The average molecular weight is 342 g/mol. The van der Waals surface area contributed by atoms with Crippen LogP contribution in [0.4, 0.5) is 0 Å². The van der Waals surface area contributed by atoms with Crippen molar-refractivity contribution in [2.75, 3.05) is 13.2 Å². The fourth-order valence-electron chi connectivity index (χ4n) is 4.19. The maximum Gasteiger partial charge on any atom is 0.163 e. The van der Waals surface area contributed by atoms with Crippen molar-refractivity contribution in [3.05, 3.63) is 0 Å². The summed E-state index contributed by atoms with van der Waals surface area (Å²) in [4.78, 5) is 0. The molecule has 0 aliphatic carbocycles. The van der Waals surface area contributed by atoms with Crippen LogP contribution in [0.3, 0.4) is 0 Å². The number of hydrogen-bond donors (Lipinski definition) is 1. The van der Waals surface area contributed by atoms with E-state index in [-0.39, 0.29) is 31.0 Å². The molecule has 3 aliphatic rings. The Bertz CT molecular complexity index is 386. The average Bonchev–Trinajstić information content (AvgIpc) is 3.26. The largest absolute Gasteiger partial charge is 0.394 e. The van der Waals surface area contributed by atoms with Crippen LogP contribution in [-0.2, 0) is 18.9 Å². The molecule has 3 fully saturated rings. The molecule has 1 N–H and O–H groups in total. The van der Waals surface area contributed by atoms with Crippen LogP contribution in [0.1, 0.15) is 71.6 Å². The highest BCUT2D eigenvalue weighted by Gasteiger charge is 2.37. The highest BCUT2D eigenvalue weighted by atomic mass is 16.7. The summed E-state index contributed by atoms with van der Waals surface area (Å²) in [6.07, 6.45) is 11.3. The standard InChI is InChI=1S/C19H34O5/c1-19(2)21-13-16(24-19)7-5-3-4-6-14-8-10-17(22-14)18-11-9-15(12-20)23-18/h14-18,20H,3-13H2,1-2H3/t14?,15?,16-,17?,18?/m1/s1. The van der Waals surface area contributed by atoms with Crippen LogP contribution < -0.4 is 0 Å². The maximum atomic E-state index is 9.17. The van der Waals surface area contributed by atoms with Gasteiger partial charge in [-0.1, -0.05) is 19.3 Å². The Hall–Kier alpha value is -0.200. The van der Waals surface area contributed by atoms with E-state index in [2.05, 4.69) is 0 Å². The Morgan fingerprint density at radius 3 is 2.04 bits per heavy atom. The first-order chi connectivity index (χ1) is 11.6. The molecule has 3 saturated heterocycles. The number of aliphatic hydroxyl groups excluding tert-OH is 1. The first kappa shape index (κ1) is 18.6. The summed E-state index contributed by atoms with van der Waals surface area (Å²) < 4.78 is 23.5. The second-order valence-corrected chi connectivity index (χ2v) is 8.02. The predicted octanol–water partition coefficient (Wildman–Crippen LogP) is 3.18. The Balaban J connectivity index is 1.23. The molecule has 3 rings (SSSR count). The van der Waals surface area contributed by atoms with Crippen LogP contribution in [0.25, 0.3) is 0 Å². The van der Waals surface area contributed by atoms with E-state index in [1.807, 2.05) is 13.8 Å². The topological polar surface area (TPSA) is 57.2 Å². The molecule has 0 bridgehead atoms. The smallest absolute Gasteiger partial charge is 0.163 e. The van der Waals surface area contributed by atoms with Gasteiger partial charge in [0.2, 0.25) is 0 Å². The minimum atomic E-state index is -0.394. The van der Waals surface area contributed by atoms with Crippen molar-refractivity contribution in [1.82, 2.24) is 0 Å². The van der Waals surface area contributed by atoms with Gasteiger partial charge in [-0.3, -0.25) is 0 Å². The molecular weight excluding hydrogens is 308 g/mol. The van der Waals surface area contributed by atoms with E-state index in [1.165, 1.54) is 19.3 Å². The van der Waals surface area contributed by atoms with Crippen LogP contribution in [0.15, 0.2) is 0 Å². The Kier molecular flexibility index (Phi) is 6.55. The van der Waals surface area contributed by atoms with Crippen molar-refractivity contribution < 1.29 is 24.1 Å². The van der Waals surface area contributed by atoms with Crippen LogP contribution in [0, 0.1) is 0 Å². The van der Waals surface area contributed by atoms with Gasteiger partial charge in [0.15, 0.2) is 5.79 Å². The van der Waals surface area contributed by atoms with E-state index in [0.717, 1.165) is 45.1 Å². The molecule has 0 aromatic heterocycles. The number of rotatable bonds is 8. The van der Waals surface area contributed by atoms with Gasteiger partial charge in [-0.2, -0.15) is 0 Å². The minimum absolute atomic E-state index is 0.0319. The molecule has 0 saturated carbocycles. The number of hydrogen-bond acceptors (Lipinski definition) is 5. The van der Waals surface area contributed by atoms with E-state index in [1.54, 1.807) is 0 Å². The maximum absolute atomic E-state index is 9.17. The third kappa shape index (κ3) is 5.15. The lowest BCUT2D eigenvalue weighted by molar-refractivity contribution is -0.139. The van der Waals surface area contributed by atoms with Gasteiger partial charge in [0.25, 0.3) is 0 Å². The Labute approximate surface area is 146 Å². The van der Waals surface area contributed by atoms with Crippen LogP contribution in [0.2, 0.25) is 0 Å². The lowest BCUT2D eigenvalue weighted by Gasteiger charge is -2.20. The van der Waals surface area contributed by atoms with Crippen molar-refractivity contribution in [2.24, 2.45) is 0 Å². The summed E-state index contributed by atoms with van der Waals surface area (Å²) >= 11 is 0. The Morgan fingerprint density at radius 2 is 1.46 bits per heavy atom. The minimum Gasteiger partial charge on any atom is -0.394 e. The summed E-state index contributed by atoms with van der Waals surface area (Å²) in [5.41, 5.74) is 0. The molecule has 0 amide bonds. The van der Waals surface area contributed by atoms with Crippen molar-refractivity contribution in [3.8, 4) is 0 Å². The van der Waals surface area contributed by atoms with Crippen molar-refractivity contribution in [3.63, 3.8) is 0 Å². The summed E-state index contributed by atoms with van der Waals surface area (Å²) in [5, 5.41) is 9.17. The number of aliphatic hydroxyl groups is 1. The lowest BCUT2D eigenvalue weighted by atomic mass is 10.0. The molecular formula is C19H34O5. The first-order valence-corrected chi connectivity index (χ1v) is 9.79. The number of ether oxygens (including phenoxy) is 4. The molecule has 0 aromatic rings. The zero-order valence-corrected chi connectivity index (χ0v) is 15.2. The third-order valence-corrected chi connectivity index (χ3v) is 5.52. The Morgan fingerprint density at radius 1 is 0.833 bits per heavy atom. The lowest BCUT2D eigenvalue weighted by Crippen LogP contribution is -2.27. The second kappa shape index (κ2) is 8.45. The van der Waals surface area contributed by atoms with Crippen molar-refractivity contribution in [2.45, 2.75) is 108 Å². The van der Waals surface area contributed by atoms with E-state index in [0.29, 0.717) is 6.10 Å². The molecule has 0 radical (unpaired) electrons. The molecule has 4 unspecified atom stereocenters. The first-order valence-electron chi connectivity index (χ1n) is 9.79. The quantitative estimate of drug-likeness (QED) is 0.687. The summed E-state index contributed by atoms with van der Waals surface area (Å²) in [6, 6.07) is 0. The van der Waals surface area contributed by atoms with Crippen molar-refractivity contribution >= 4 is 0 Å². The molecule has 140 valence electrons. The monoisotopic (exact) mass is 342 g/mol. The van der Waals surface area contributed by atoms with Crippen molar-refractivity contribution in [1.29, 1.82) is 0 Å². The van der Waals surface area contributed by atoms with Crippen LogP contribution >= 0.6 is 0 Å². The molecule has 0 spiro atoms. The van der Waals surface area contributed by atoms with E-state index < -0.39 is 5.79 Å². The zero-order chi connectivity index (χ0) is 17.0. The molecule has 5 atom stereocenters. The fourth-order valence-corrected chi connectivity index (χ4v) is 4.19. The highest BCUT2D eigenvalue weighted by Crippen LogP contribution is 2.33. The molecule has 3 heterocycles. The van der Waals surface area contributed by atoms with Gasteiger partial charge in [0, 0.05) is 0 Å². The summed E-state index contributed by atoms with van der Waals surface area (Å²) in [5.74, 6) is -0.394. The van der Waals surface area contributed by atoms with Gasteiger partial charge >= 0.3 is 0 Å². The molecule has 5 nitrogen and oxygen atoms in total. The van der Waals surface area contributed by atoms with E-state index in [9.17, 15) is 0 Å². The van der Waals surface area contributed by atoms with Gasteiger partial charge < -0.3 is 24.1 Å². The van der Waals surface area contributed by atoms with E-state index >= 15 is 0 Å². The van der Waals surface area contributed by atoms with Gasteiger partial charge in [-0.25, -0.2) is 0 Å². The van der Waals surface area contributed by atoms with Gasteiger partial charge in [0.1, 0.15) is 0 Å². The summed E-state index contributed by atoms with van der Waals surface area (Å²) in [7, 11) is 0. The molecule has 5 heteroatoms. The van der Waals surface area contributed by atoms with Gasteiger partial charge in [-0.05, 0) is 52.4 Å². The molecule has 3 aliphatic heterocycles. The second-order valence-electron chi connectivity index (χ2n) is 8.02. The zero-order valence-electron chi connectivity index (χ0n) is 15.2. The normalized spacial score (nSPS) is 38.9. The van der Waals surface area contributed by atoms with Gasteiger partial charge in [0.05, 0.1) is 43.7 Å². The van der Waals surface area contributed by atoms with E-state index in [4.69, 9.17) is 24.1 Å². The SMILES string of the molecule is CC1(C)OC[C@@H](CCCCCC2CCC(C3CCC(CO)O3)O2)O1.